The van der Waals surface area contributed by atoms with Gasteiger partial charge >= 0.3 is 0 Å². The number of carbonyl (C=O) groups excluding carboxylic acids is 2. The Morgan fingerprint density at radius 3 is 2.30 bits per heavy atom. The van der Waals surface area contributed by atoms with Gasteiger partial charge in [0.15, 0.2) is 11.6 Å². The fourth-order valence-corrected chi connectivity index (χ4v) is 3.24. The van der Waals surface area contributed by atoms with Crippen molar-refractivity contribution >= 4 is 11.8 Å². The Morgan fingerprint density at radius 2 is 1.64 bits per heavy atom. The van der Waals surface area contributed by atoms with E-state index < -0.39 is 29.2 Å². The zero-order valence-corrected chi connectivity index (χ0v) is 17.5. The summed E-state index contributed by atoms with van der Waals surface area (Å²) in [5.41, 5.74) is 1.16. The highest BCUT2D eigenvalue weighted by Gasteiger charge is 2.25. The summed E-state index contributed by atoms with van der Waals surface area (Å²) in [4.78, 5) is 28.9. The van der Waals surface area contributed by atoms with E-state index in [9.17, 15) is 27.2 Å². The van der Waals surface area contributed by atoms with Gasteiger partial charge in [0, 0.05) is 41.5 Å². The van der Waals surface area contributed by atoms with Crippen molar-refractivity contribution in [2.45, 2.75) is 32.4 Å². The fourth-order valence-electron chi connectivity index (χ4n) is 3.24. The van der Waals surface area contributed by atoms with Gasteiger partial charge in [-0.05, 0) is 55.7 Å². The van der Waals surface area contributed by atoms with Crippen molar-refractivity contribution in [1.82, 2.24) is 15.6 Å². The van der Waals surface area contributed by atoms with E-state index in [1.807, 2.05) is 0 Å². The summed E-state index contributed by atoms with van der Waals surface area (Å²) in [7, 11) is 0. The summed E-state index contributed by atoms with van der Waals surface area (Å²) < 4.78 is 54.5. The van der Waals surface area contributed by atoms with Gasteiger partial charge in [-0.1, -0.05) is 0 Å². The van der Waals surface area contributed by atoms with Gasteiger partial charge in [0.2, 0.25) is 0 Å². The van der Waals surface area contributed by atoms with Gasteiger partial charge in [-0.25, -0.2) is 17.6 Å². The van der Waals surface area contributed by atoms with E-state index in [1.54, 1.807) is 13.0 Å². The third-order valence-electron chi connectivity index (χ3n) is 5.35. The minimum Gasteiger partial charge on any atom is -0.349 e. The Bertz CT molecular complexity index is 1240. The van der Waals surface area contributed by atoms with Crippen LogP contribution in [-0.4, -0.2) is 22.8 Å². The minimum absolute atomic E-state index is 0.126. The van der Waals surface area contributed by atoms with Crippen LogP contribution >= 0.6 is 0 Å². The molecule has 1 fully saturated rings. The van der Waals surface area contributed by atoms with E-state index in [1.165, 1.54) is 24.4 Å². The summed E-state index contributed by atoms with van der Waals surface area (Å²) in [5.74, 6) is -5.04. The van der Waals surface area contributed by atoms with Crippen LogP contribution in [0.25, 0.3) is 11.3 Å². The molecule has 5 nitrogen and oxygen atoms in total. The van der Waals surface area contributed by atoms with Crippen molar-refractivity contribution in [3.8, 4) is 11.3 Å². The highest BCUT2D eigenvalue weighted by atomic mass is 19.2. The highest BCUT2D eigenvalue weighted by molar-refractivity contribution is 5.96. The van der Waals surface area contributed by atoms with Crippen LogP contribution in [0.2, 0.25) is 0 Å². The highest BCUT2D eigenvalue weighted by Crippen LogP contribution is 2.27. The SMILES string of the molecule is Cc1c(F)cc(C(=O)NC2CC2)cc1-c1ccc(C(=O)NCc2cc(F)c(F)cc2F)cn1. The average Bonchev–Trinajstić information content (AvgIpc) is 3.61. The Balaban J connectivity index is 1.50. The molecule has 0 radical (unpaired) electrons. The number of nitrogens with zero attached hydrogens (tertiary/aromatic N) is 1. The van der Waals surface area contributed by atoms with Gasteiger partial charge in [0.05, 0.1) is 11.3 Å². The van der Waals surface area contributed by atoms with Crippen molar-refractivity contribution in [1.29, 1.82) is 0 Å². The standard InChI is InChI=1S/C24H19F4N3O2/c1-12-17(6-14(7-18(12)25)24(33)31-16-3-4-16)22-5-2-13(10-29-22)23(32)30-11-15-8-20(27)21(28)9-19(15)26/h2,5-10,16H,3-4,11H2,1H3,(H,30,32)(H,31,33). The molecule has 2 aromatic carbocycles. The fraction of sp³-hybridized carbons (Fsp3) is 0.208. The topological polar surface area (TPSA) is 71.1 Å². The number of halogens is 4. The molecule has 0 unspecified atom stereocenters. The molecule has 4 rings (SSSR count). The molecule has 33 heavy (non-hydrogen) atoms. The summed E-state index contributed by atoms with van der Waals surface area (Å²) in [6, 6.07) is 6.87. The van der Waals surface area contributed by atoms with Crippen LogP contribution in [0.5, 0.6) is 0 Å². The molecule has 0 saturated heterocycles. The molecule has 2 N–H and O–H groups in total. The number of pyridine rings is 1. The zero-order valence-electron chi connectivity index (χ0n) is 17.5. The van der Waals surface area contributed by atoms with Gasteiger partial charge < -0.3 is 10.6 Å². The molecule has 1 aromatic heterocycles. The predicted molar refractivity (Wildman–Crippen MR) is 112 cm³/mol. The van der Waals surface area contributed by atoms with E-state index in [2.05, 4.69) is 15.6 Å². The van der Waals surface area contributed by atoms with Crippen LogP contribution in [0.1, 0.15) is 44.7 Å². The molecule has 1 aliphatic carbocycles. The van der Waals surface area contributed by atoms with Crippen molar-refractivity contribution in [2.75, 3.05) is 0 Å². The van der Waals surface area contributed by atoms with E-state index in [0.29, 0.717) is 29.0 Å². The minimum atomic E-state index is -1.32. The Hall–Kier alpha value is -3.75. The Labute approximate surface area is 186 Å². The molecular weight excluding hydrogens is 438 g/mol. The first-order valence-corrected chi connectivity index (χ1v) is 10.2. The number of amides is 2. The molecule has 1 aliphatic rings. The molecular formula is C24H19F4N3O2. The number of hydrogen-bond donors (Lipinski definition) is 2. The predicted octanol–water partition coefficient (Wildman–Crippen LogP) is 4.44. The second-order valence-electron chi connectivity index (χ2n) is 7.85. The van der Waals surface area contributed by atoms with Gasteiger partial charge in [-0.15, -0.1) is 0 Å². The van der Waals surface area contributed by atoms with Gasteiger partial charge in [0.25, 0.3) is 11.8 Å². The van der Waals surface area contributed by atoms with E-state index in [4.69, 9.17) is 0 Å². The van der Waals surface area contributed by atoms with Crippen LogP contribution in [0, 0.1) is 30.2 Å². The first-order chi connectivity index (χ1) is 15.7. The molecule has 9 heteroatoms. The smallest absolute Gasteiger partial charge is 0.253 e. The first kappa shape index (κ1) is 22.4. The van der Waals surface area contributed by atoms with Gasteiger partial charge in [-0.2, -0.15) is 0 Å². The summed E-state index contributed by atoms with van der Waals surface area (Å²) in [5, 5.41) is 5.22. The lowest BCUT2D eigenvalue weighted by Gasteiger charge is -2.11. The third-order valence-corrected chi connectivity index (χ3v) is 5.35. The molecule has 1 heterocycles. The van der Waals surface area contributed by atoms with E-state index >= 15 is 0 Å². The first-order valence-electron chi connectivity index (χ1n) is 10.2. The van der Waals surface area contributed by atoms with Crippen LogP contribution < -0.4 is 10.6 Å². The second kappa shape index (κ2) is 9.01. The van der Waals surface area contributed by atoms with Crippen LogP contribution in [0.4, 0.5) is 17.6 Å². The second-order valence-corrected chi connectivity index (χ2v) is 7.85. The number of nitrogens with one attached hydrogen (secondary N) is 2. The Morgan fingerprint density at radius 1 is 0.909 bits per heavy atom. The van der Waals surface area contributed by atoms with Crippen molar-refractivity contribution in [2.24, 2.45) is 0 Å². The number of benzene rings is 2. The largest absolute Gasteiger partial charge is 0.349 e. The van der Waals surface area contributed by atoms with E-state index in [0.717, 1.165) is 12.8 Å². The molecule has 3 aromatic rings. The van der Waals surface area contributed by atoms with Crippen molar-refractivity contribution in [3.63, 3.8) is 0 Å². The number of carbonyl (C=O) groups is 2. The number of aromatic nitrogens is 1. The molecule has 1 saturated carbocycles. The molecule has 0 atom stereocenters. The summed E-state index contributed by atoms with van der Waals surface area (Å²) in [6.45, 7) is 1.21. The summed E-state index contributed by atoms with van der Waals surface area (Å²) >= 11 is 0. The average molecular weight is 457 g/mol. The Kier molecular flexibility index (Phi) is 6.13. The molecule has 170 valence electrons. The molecule has 0 bridgehead atoms. The van der Waals surface area contributed by atoms with Crippen LogP contribution in [0.3, 0.4) is 0 Å². The van der Waals surface area contributed by atoms with Crippen molar-refractivity contribution < 1.29 is 27.2 Å². The number of hydrogen-bond acceptors (Lipinski definition) is 3. The molecule has 0 spiro atoms. The quantitative estimate of drug-likeness (QED) is 0.425. The zero-order chi connectivity index (χ0) is 23.7. The van der Waals surface area contributed by atoms with Crippen molar-refractivity contribution in [3.05, 3.63) is 88.1 Å². The normalized spacial score (nSPS) is 13.0. The maximum absolute atomic E-state index is 14.4. The number of rotatable bonds is 6. The summed E-state index contributed by atoms with van der Waals surface area (Å²) in [6.07, 6.45) is 3.06. The molecule has 0 aliphatic heterocycles. The maximum atomic E-state index is 14.4. The maximum Gasteiger partial charge on any atom is 0.253 e. The van der Waals surface area contributed by atoms with Gasteiger partial charge in [0.1, 0.15) is 11.6 Å². The van der Waals surface area contributed by atoms with E-state index in [-0.39, 0.29) is 35.2 Å². The van der Waals surface area contributed by atoms with Crippen LogP contribution in [-0.2, 0) is 6.54 Å². The molecule has 2 amide bonds. The third kappa shape index (κ3) is 5.02. The van der Waals surface area contributed by atoms with Crippen LogP contribution in [0.15, 0.2) is 42.6 Å². The lowest BCUT2D eigenvalue weighted by molar-refractivity contribution is 0.0942. The lowest BCUT2D eigenvalue weighted by atomic mass is 10.00. The lowest BCUT2D eigenvalue weighted by Crippen LogP contribution is -2.25. The van der Waals surface area contributed by atoms with Gasteiger partial charge in [-0.3, -0.25) is 14.6 Å². The monoisotopic (exact) mass is 457 g/mol.